The fraction of sp³-hybridized carbons (Fsp3) is 0.407. The minimum Gasteiger partial charge on any atom is -0.478 e. The molecule has 0 heterocycles. The van der Waals surface area contributed by atoms with Crippen LogP contribution in [0.1, 0.15) is 37.6 Å². The van der Waals surface area contributed by atoms with Crippen LogP contribution in [-0.2, 0) is 23.9 Å². The van der Waals surface area contributed by atoms with E-state index in [0.29, 0.717) is 12.0 Å². The second-order valence-corrected chi connectivity index (χ2v) is 7.95. The van der Waals surface area contributed by atoms with Crippen LogP contribution in [0.15, 0.2) is 67.3 Å². The first-order chi connectivity index (χ1) is 18.2. The lowest BCUT2D eigenvalue weighted by molar-refractivity contribution is -0.147. The fourth-order valence-corrected chi connectivity index (χ4v) is 1.65. The Morgan fingerprint density at radius 1 is 0.897 bits per heavy atom. The van der Waals surface area contributed by atoms with E-state index in [2.05, 4.69) is 29.2 Å². The Labute approximate surface area is 228 Å². The number of aromatic carboxylic acids is 1. The van der Waals surface area contributed by atoms with E-state index in [1.807, 2.05) is 6.92 Å². The van der Waals surface area contributed by atoms with Gasteiger partial charge >= 0.3 is 23.9 Å². The lowest BCUT2D eigenvalue weighted by Gasteiger charge is -2.24. The van der Waals surface area contributed by atoms with E-state index in [1.54, 1.807) is 30.3 Å². The Morgan fingerprint density at radius 3 is 1.59 bits per heavy atom. The summed E-state index contributed by atoms with van der Waals surface area (Å²) in [5, 5.41) is 51.5. The van der Waals surface area contributed by atoms with Gasteiger partial charge < -0.3 is 40.1 Å². The summed E-state index contributed by atoms with van der Waals surface area (Å²) < 4.78 is 9.15. The van der Waals surface area contributed by atoms with Gasteiger partial charge in [0.2, 0.25) is 0 Å². The first kappa shape index (κ1) is 39.7. The van der Waals surface area contributed by atoms with E-state index in [9.17, 15) is 24.3 Å². The van der Waals surface area contributed by atoms with Gasteiger partial charge in [0.1, 0.15) is 19.3 Å². The molecule has 0 bridgehead atoms. The van der Waals surface area contributed by atoms with Crippen molar-refractivity contribution < 1.29 is 59.3 Å². The molecule has 1 aromatic rings. The largest absolute Gasteiger partial charge is 0.478 e. The van der Waals surface area contributed by atoms with Crippen LogP contribution in [0.2, 0.25) is 0 Å². The third-order valence-corrected chi connectivity index (χ3v) is 4.48. The molecule has 0 fully saturated rings. The SMILES string of the molecule is C=C(C)C(=O)O.C=CC(=O)OCC(O)COC(=O)C(=C)C.CCC(CO)(CO)CO.O=C(O)c1ccccc1. The Bertz CT molecular complexity index is 875. The molecule has 1 atom stereocenters. The summed E-state index contributed by atoms with van der Waals surface area (Å²) in [7, 11) is 0. The van der Waals surface area contributed by atoms with Crippen LogP contribution in [-0.4, -0.2) is 93.7 Å². The summed E-state index contributed by atoms with van der Waals surface area (Å²) in [5.74, 6) is -3.05. The van der Waals surface area contributed by atoms with Gasteiger partial charge in [0.15, 0.2) is 0 Å². The Balaban J connectivity index is -0.000000469. The highest BCUT2D eigenvalue weighted by atomic mass is 16.6. The summed E-state index contributed by atoms with van der Waals surface area (Å²) >= 11 is 0. The number of aliphatic hydroxyl groups is 4. The van der Waals surface area contributed by atoms with Crippen molar-refractivity contribution in [1.29, 1.82) is 0 Å². The van der Waals surface area contributed by atoms with E-state index < -0.39 is 35.4 Å². The molecule has 0 radical (unpaired) electrons. The number of carbonyl (C=O) groups is 4. The summed E-state index contributed by atoms with van der Waals surface area (Å²) in [4.78, 5) is 41.3. The Hall–Kier alpha value is -3.84. The van der Waals surface area contributed by atoms with Crippen LogP contribution in [0.25, 0.3) is 0 Å². The maximum absolute atomic E-state index is 10.9. The molecule has 0 aliphatic rings. The quantitative estimate of drug-likeness (QED) is 0.160. The van der Waals surface area contributed by atoms with E-state index in [-0.39, 0.29) is 44.2 Å². The number of aliphatic hydroxyl groups excluding tert-OH is 4. The van der Waals surface area contributed by atoms with E-state index in [4.69, 9.17) is 25.5 Å². The number of benzene rings is 1. The van der Waals surface area contributed by atoms with Crippen molar-refractivity contribution in [3.8, 4) is 0 Å². The van der Waals surface area contributed by atoms with Crippen molar-refractivity contribution in [2.45, 2.75) is 33.3 Å². The zero-order valence-electron chi connectivity index (χ0n) is 22.5. The topological polar surface area (TPSA) is 208 Å². The zero-order valence-corrected chi connectivity index (χ0v) is 22.5. The first-order valence-corrected chi connectivity index (χ1v) is 11.5. The highest BCUT2D eigenvalue weighted by Gasteiger charge is 2.24. The predicted molar refractivity (Wildman–Crippen MR) is 143 cm³/mol. The second-order valence-electron chi connectivity index (χ2n) is 7.95. The van der Waals surface area contributed by atoms with Crippen LogP contribution >= 0.6 is 0 Å². The average molecular weight is 557 g/mol. The van der Waals surface area contributed by atoms with E-state index >= 15 is 0 Å². The van der Waals surface area contributed by atoms with Crippen LogP contribution in [0.3, 0.4) is 0 Å². The Morgan fingerprint density at radius 2 is 1.33 bits per heavy atom. The van der Waals surface area contributed by atoms with Crippen molar-refractivity contribution >= 4 is 23.9 Å². The monoisotopic (exact) mass is 556 g/mol. The number of ether oxygens (including phenoxy) is 2. The van der Waals surface area contributed by atoms with Gasteiger partial charge in [-0.15, -0.1) is 0 Å². The third kappa shape index (κ3) is 21.9. The van der Waals surface area contributed by atoms with Crippen molar-refractivity contribution in [3.05, 3.63) is 72.9 Å². The van der Waals surface area contributed by atoms with Crippen LogP contribution in [0.5, 0.6) is 0 Å². The highest BCUT2D eigenvalue weighted by molar-refractivity contribution is 5.87. The van der Waals surface area contributed by atoms with Crippen molar-refractivity contribution in [1.82, 2.24) is 0 Å². The summed E-state index contributed by atoms with van der Waals surface area (Å²) in [6.07, 6.45) is 0.528. The van der Waals surface area contributed by atoms with Crippen molar-refractivity contribution in [2.24, 2.45) is 5.41 Å². The Kier molecular flexibility index (Phi) is 23.7. The molecule has 12 heteroatoms. The number of esters is 2. The van der Waals surface area contributed by atoms with E-state index in [0.717, 1.165) is 6.08 Å². The summed E-state index contributed by atoms with van der Waals surface area (Å²) in [5.41, 5.74) is 0.0813. The molecule has 0 saturated carbocycles. The summed E-state index contributed by atoms with van der Waals surface area (Å²) in [6, 6.07) is 8.30. The van der Waals surface area contributed by atoms with Gasteiger partial charge in [0.05, 0.1) is 25.4 Å². The number of hydrogen-bond acceptors (Lipinski definition) is 10. The van der Waals surface area contributed by atoms with Gasteiger partial charge in [-0.3, -0.25) is 0 Å². The van der Waals surface area contributed by atoms with Crippen LogP contribution in [0.4, 0.5) is 0 Å². The van der Waals surface area contributed by atoms with Gasteiger partial charge in [0.25, 0.3) is 0 Å². The minimum atomic E-state index is -1.04. The van der Waals surface area contributed by atoms with Gasteiger partial charge in [-0.1, -0.05) is 44.9 Å². The van der Waals surface area contributed by atoms with Crippen molar-refractivity contribution in [3.63, 3.8) is 0 Å². The number of rotatable bonds is 12. The molecule has 39 heavy (non-hydrogen) atoms. The van der Waals surface area contributed by atoms with Crippen LogP contribution < -0.4 is 0 Å². The average Bonchev–Trinajstić information content (AvgIpc) is 2.93. The maximum atomic E-state index is 10.9. The maximum Gasteiger partial charge on any atom is 0.335 e. The molecule has 0 aliphatic heterocycles. The molecular formula is C27H40O12. The van der Waals surface area contributed by atoms with Crippen LogP contribution in [0, 0.1) is 5.41 Å². The number of carboxylic acid groups (broad SMARTS) is 2. The van der Waals surface area contributed by atoms with E-state index in [1.165, 1.54) is 13.8 Å². The molecule has 6 N–H and O–H groups in total. The summed E-state index contributed by atoms with van der Waals surface area (Å²) in [6.45, 7) is 13.5. The van der Waals surface area contributed by atoms with Gasteiger partial charge in [-0.2, -0.15) is 0 Å². The highest BCUT2D eigenvalue weighted by Crippen LogP contribution is 2.18. The molecule has 1 rings (SSSR count). The number of carboxylic acids is 2. The molecule has 0 saturated heterocycles. The number of aliphatic carboxylic acids is 1. The number of carbonyl (C=O) groups excluding carboxylic acids is 2. The normalized spacial score (nSPS) is 10.3. The standard InChI is InChI=1S/C10H14O5.C7H6O2.C6H14O3.C4H6O2/c1-4-9(12)14-5-8(11)6-15-10(13)7(2)3;8-7(9)6-4-2-1-3-5-6;1-2-6(3-7,4-8)5-9;1-3(2)4(5)6/h4,8,11H,1-2,5-6H2,3H3;1-5H,(H,8,9);7-9H,2-5H2,1H3;1H2,2H3,(H,5,6). The lowest BCUT2D eigenvalue weighted by atomic mass is 9.88. The number of hydrogen-bond donors (Lipinski definition) is 6. The molecule has 0 aromatic heterocycles. The molecule has 0 aliphatic carbocycles. The smallest absolute Gasteiger partial charge is 0.335 e. The van der Waals surface area contributed by atoms with Gasteiger partial charge in [-0.05, 0) is 32.4 Å². The third-order valence-electron chi connectivity index (χ3n) is 4.48. The van der Waals surface area contributed by atoms with Gasteiger partial charge in [-0.25, -0.2) is 19.2 Å². The zero-order chi connectivity index (χ0) is 31.0. The first-order valence-electron chi connectivity index (χ1n) is 11.5. The molecule has 220 valence electrons. The minimum absolute atomic E-state index is 0.156. The molecule has 1 unspecified atom stereocenters. The lowest BCUT2D eigenvalue weighted by Crippen LogP contribution is -2.32. The van der Waals surface area contributed by atoms with Crippen molar-refractivity contribution in [2.75, 3.05) is 33.0 Å². The second kappa shape index (κ2) is 23.3. The van der Waals surface area contributed by atoms with Gasteiger partial charge in [0, 0.05) is 22.6 Å². The fourth-order valence-electron chi connectivity index (χ4n) is 1.65. The molecule has 0 spiro atoms. The molecular weight excluding hydrogens is 516 g/mol. The molecule has 1 aromatic carbocycles. The predicted octanol–water partition coefficient (Wildman–Crippen LogP) is 1.59. The molecule has 0 amide bonds. The molecule has 12 nitrogen and oxygen atoms in total.